The first-order valence-corrected chi connectivity index (χ1v) is 5.12. The lowest BCUT2D eigenvalue weighted by Crippen LogP contribution is -2.25. The molecule has 4 heteroatoms. The molecule has 0 N–H and O–H groups in total. The molecule has 0 saturated carbocycles. The van der Waals surface area contributed by atoms with Crippen LogP contribution in [0.5, 0.6) is 0 Å². The van der Waals surface area contributed by atoms with Crippen molar-refractivity contribution in [3.8, 4) is 0 Å². The number of aromatic nitrogens is 1. The largest absolute Gasteiger partial charge is 0.351 e. The molecule has 2 unspecified atom stereocenters. The molecule has 2 atom stereocenters. The molecule has 2 aliphatic rings. The van der Waals surface area contributed by atoms with E-state index in [1.165, 1.54) is 0 Å². The third kappa shape index (κ3) is 1.28. The number of hydrogen-bond acceptors (Lipinski definition) is 4. The summed E-state index contributed by atoms with van der Waals surface area (Å²) < 4.78 is 5.67. The van der Waals surface area contributed by atoms with Crippen LogP contribution in [0.3, 0.4) is 0 Å². The lowest BCUT2D eigenvalue weighted by molar-refractivity contribution is 0.0543. The number of nitrogens with zero attached hydrogens (tertiary/aromatic N) is 2. The van der Waals surface area contributed by atoms with Crippen LogP contribution in [0.25, 0.3) is 0 Å². The maximum absolute atomic E-state index is 10.7. The Morgan fingerprint density at radius 1 is 1.56 bits per heavy atom. The van der Waals surface area contributed by atoms with Crippen LogP contribution < -0.4 is 0 Å². The summed E-state index contributed by atoms with van der Waals surface area (Å²) in [4.78, 5) is 16.8. The third-order valence-electron chi connectivity index (χ3n) is 2.92. The van der Waals surface area contributed by atoms with Crippen molar-refractivity contribution in [2.24, 2.45) is 0 Å². The van der Waals surface area contributed by atoms with Gasteiger partial charge in [-0.05, 0) is 12.1 Å². The molecule has 2 aliphatic heterocycles. The molecule has 16 heavy (non-hydrogen) atoms. The zero-order chi connectivity index (χ0) is 11.0. The van der Waals surface area contributed by atoms with E-state index < -0.39 is 0 Å². The molecule has 1 aromatic rings. The summed E-state index contributed by atoms with van der Waals surface area (Å²) in [5, 5.41) is 0. The van der Waals surface area contributed by atoms with Crippen LogP contribution in [0.4, 0.5) is 0 Å². The molecule has 0 aromatic carbocycles. The van der Waals surface area contributed by atoms with Crippen molar-refractivity contribution in [3.05, 3.63) is 47.9 Å². The minimum Gasteiger partial charge on any atom is -0.351 e. The Hall–Kier alpha value is -1.90. The summed E-state index contributed by atoms with van der Waals surface area (Å²) in [5.41, 5.74) is 1.66. The van der Waals surface area contributed by atoms with E-state index >= 15 is 0 Å². The second-order valence-electron chi connectivity index (χ2n) is 3.81. The zero-order valence-electron chi connectivity index (χ0n) is 8.54. The van der Waals surface area contributed by atoms with Crippen molar-refractivity contribution in [3.63, 3.8) is 0 Å². The lowest BCUT2D eigenvalue weighted by Gasteiger charge is -2.21. The van der Waals surface area contributed by atoms with E-state index in [1.807, 2.05) is 29.2 Å². The van der Waals surface area contributed by atoms with Crippen molar-refractivity contribution >= 4 is 5.94 Å². The molecule has 3 rings (SSSR count). The molecule has 0 aliphatic carbocycles. The minimum absolute atomic E-state index is 0.0164. The summed E-state index contributed by atoms with van der Waals surface area (Å²) >= 11 is 0. The third-order valence-corrected chi connectivity index (χ3v) is 2.92. The summed E-state index contributed by atoms with van der Waals surface area (Å²) in [7, 11) is 0. The molecule has 1 fully saturated rings. The highest BCUT2D eigenvalue weighted by molar-refractivity contribution is 5.61. The van der Waals surface area contributed by atoms with E-state index in [4.69, 9.17) is 4.74 Å². The van der Waals surface area contributed by atoms with Crippen LogP contribution in [-0.2, 0) is 9.53 Å². The van der Waals surface area contributed by atoms with Crippen LogP contribution in [0.15, 0.2) is 42.4 Å². The topological polar surface area (TPSA) is 42.4 Å². The molecular formula is C12H10N2O2. The van der Waals surface area contributed by atoms with Gasteiger partial charge >= 0.3 is 0 Å². The van der Waals surface area contributed by atoms with Crippen molar-refractivity contribution in [2.75, 3.05) is 6.61 Å². The molecule has 1 saturated heterocycles. The van der Waals surface area contributed by atoms with E-state index in [2.05, 4.69) is 4.98 Å². The SMILES string of the molecule is O=C=C1C=CN2C1COC2c1cccnc1. The van der Waals surface area contributed by atoms with E-state index in [9.17, 15) is 4.79 Å². The molecular weight excluding hydrogens is 204 g/mol. The molecule has 0 radical (unpaired) electrons. The second-order valence-corrected chi connectivity index (χ2v) is 3.81. The second kappa shape index (κ2) is 3.59. The number of pyridine rings is 1. The normalized spacial score (nSPS) is 27.0. The predicted octanol–water partition coefficient (Wildman–Crippen LogP) is 1.07. The van der Waals surface area contributed by atoms with Crippen molar-refractivity contribution in [1.29, 1.82) is 0 Å². The van der Waals surface area contributed by atoms with Gasteiger partial charge in [0.15, 0.2) is 6.23 Å². The van der Waals surface area contributed by atoms with Crippen molar-refractivity contribution in [2.45, 2.75) is 12.3 Å². The first-order chi connectivity index (χ1) is 7.90. The van der Waals surface area contributed by atoms with Crippen LogP contribution in [0.1, 0.15) is 11.8 Å². The first kappa shape index (κ1) is 9.33. The van der Waals surface area contributed by atoms with Gasteiger partial charge in [0.05, 0.1) is 18.2 Å². The fourth-order valence-electron chi connectivity index (χ4n) is 2.12. The van der Waals surface area contributed by atoms with Crippen molar-refractivity contribution < 1.29 is 9.53 Å². The standard InChI is InChI=1S/C12H10N2O2/c15-7-10-3-5-14-11(10)8-16-12(14)9-2-1-4-13-6-9/h1-6,11-12H,8H2. The van der Waals surface area contributed by atoms with E-state index in [0.717, 1.165) is 5.56 Å². The van der Waals surface area contributed by atoms with Gasteiger partial charge in [-0.15, -0.1) is 0 Å². The number of ether oxygens (including phenoxy) is 1. The van der Waals surface area contributed by atoms with Gasteiger partial charge in [-0.25, -0.2) is 4.79 Å². The summed E-state index contributed by atoms with van der Waals surface area (Å²) in [5.74, 6) is 1.95. The molecule has 80 valence electrons. The Bertz CT molecular complexity index is 477. The number of hydrogen-bond donors (Lipinski definition) is 0. The minimum atomic E-state index is -0.138. The smallest absolute Gasteiger partial charge is 0.158 e. The van der Waals surface area contributed by atoms with E-state index in [-0.39, 0.29) is 12.3 Å². The van der Waals surface area contributed by atoms with Gasteiger partial charge in [0, 0.05) is 24.2 Å². The summed E-state index contributed by atoms with van der Waals surface area (Å²) in [6.07, 6.45) is 7.05. The maximum atomic E-state index is 10.7. The highest BCUT2D eigenvalue weighted by Gasteiger charge is 2.38. The van der Waals surface area contributed by atoms with Gasteiger partial charge in [0.2, 0.25) is 0 Å². The van der Waals surface area contributed by atoms with Gasteiger partial charge in [0.25, 0.3) is 0 Å². The predicted molar refractivity (Wildman–Crippen MR) is 56.9 cm³/mol. The number of rotatable bonds is 1. The molecule has 0 bridgehead atoms. The fraction of sp³-hybridized carbons (Fsp3) is 0.250. The van der Waals surface area contributed by atoms with Gasteiger partial charge in [-0.3, -0.25) is 4.98 Å². The fourth-order valence-corrected chi connectivity index (χ4v) is 2.12. The van der Waals surface area contributed by atoms with Crippen molar-refractivity contribution in [1.82, 2.24) is 9.88 Å². The van der Waals surface area contributed by atoms with Crippen LogP contribution in [0.2, 0.25) is 0 Å². The number of carbonyl (C=O) groups excluding carboxylic acids is 1. The van der Waals surface area contributed by atoms with Crippen LogP contribution >= 0.6 is 0 Å². The van der Waals surface area contributed by atoms with E-state index in [0.29, 0.717) is 12.2 Å². The van der Waals surface area contributed by atoms with Gasteiger partial charge in [0.1, 0.15) is 5.94 Å². The van der Waals surface area contributed by atoms with Gasteiger partial charge in [-0.1, -0.05) is 6.07 Å². The Morgan fingerprint density at radius 2 is 2.50 bits per heavy atom. The van der Waals surface area contributed by atoms with Crippen LogP contribution in [0, 0.1) is 0 Å². The number of fused-ring (bicyclic) bond motifs is 1. The Balaban J connectivity index is 1.92. The highest BCUT2D eigenvalue weighted by Crippen LogP contribution is 2.36. The molecule has 1 aromatic heterocycles. The lowest BCUT2D eigenvalue weighted by atomic mass is 10.1. The van der Waals surface area contributed by atoms with Crippen LogP contribution in [-0.4, -0.2) is 28.5 Å². The quantitative estimate of drug-likeness (QED) is 0.656. The van der Waals surface area contributed by atoms with E-state index in [1.54, 1.807) is 18.5 Å². The summed E-state index contributed by atoms with van der Waals surface area (Å²) in [6.45, 7) is 0.525. The average molecular weight is 214 g/mol. The molecule has 0 spiro atoms. The Kier molecular flexibility index (Phi) is 2.10. The Morgan fingerprint density at radius 3 is 3.25 bits per heavy atom. The first-order valence-electron chi connectivity index (χ1n) is 5.12. The monoisotopic (exact) mass is 214 g/mol. The summed E-state index contributed by atoms with van der Waals surface area (Å²) in [6, 6.07) is 3.86. The molecule has 0 amide bonds. The Labute approximate surface area is 92.8 Å². The highest BCUT2D eigenvalue weighted by atomic mass is 16.5. The molecule has 3 heterocycles. The molecule has 4 nitrogen and oxygen atoms in total. The van der Waals surface area contributed by atoms with Gasteiger partial charge in [-0.2, -0.15) is 0 Å². The maximum Gasteiger partial charge on any atom is 0.158 e. The average Bonchev–Trinajstić information content (AvgIpc) is 2.90. The van der Waals surface area contributed by atoms with Gasteiger partial charge < -0.3 is 9.64 Å². The zero-order valence-corrected chi connectivity index (χ0v) is 8.54.